The molecule has 5 amide bonds. The summed E-state index contributed by atoms with van der Waals surface area (Å²) < 4.78 is 0. The molecule has 0 bridgehead atoms. The van der Waals surface area contributed by atoms with Crippen LogP contribution in [0.2, 0.25) is 0 Å². The summed E-state index contributed by atoms with van der Waals surface area (Å²) in [6, 6.07) is 2.83. The van der Waals surface area contributed by atoms with Gasteiger partial charge in [-0.2, -0.15) is 0 Å². The van der Waals surface area contributed by atoms with Gasteiger partial charge in [-0.3, -0.25) is 9.78 Å². The van der Waals surface area contributed by atoms with E-state index in [2.05, 4.69) is 15.6 Å². The number of urea groups is 2. The lowest BCUT2D eigenvalue weighted by atomic mass is 9.96. The van der Waals surface area contributed by atoms with Crippen molar-refractivity contribution in [1.82, 2.24) is 25.4 Å². The fraction of sp³-hybridized carbons (Fsp3) is 0.500. The maximum atomic E-state index is 12.3. The number of nitrogens with one attached hydrogen (secondary N) is 2. The molecule has 1 aromatic rings. The summed E-state index contributed by atoms with van der Waals surface area (Å²) in [6.45, 7) is 2.76. The first-order valence-corrected chi connectivity index (χ1v) is 8.17. The minimum absolute atomic E-state index is 0.000627. The lowest BCUT2D eigenvalue weighted by Crippen LogP contribution is -2.45. The Morgan fingerprint density at radius 1 is 1.29 bits per heavy atom. The molecule has 2 saturated heterocycles. The average molecular weight is 331 g/mol. The quantitative estimate of drug-likeness (QED) is 0.851. The Bertz CT molecular complexity index is 613. The normalized spacial score (nSPS) is 18.4. The molecule has 8 nitrogen and oxygen atoms in total. The van der Waals surface area contributed by atoms with Crippen molar-refractivity contribution >= 4 is 18.0 Å². The van der Waals surface area contributed by atoms with Gasteiger partial charge in [0.15, 0.2) is 0 Å². The molecule has 2 aliphatic heterocycles. The zero-order valence-corrected chi connectivity index (χ0v) is 13.4. The highest BCUT2D eigenvalue weighted by Gasteiger charge is 2.28. The lowest BCUT2D eigenvalue weighted by Gasteiger charge is -2.32. The summed E-state index contributed by atoms with van der Waals surface area (Å²) in [6.07, 6.45) is 4.89. The van der Waals surface area contributed by atoms with Crippen molar-refractivity contribution in [2.24, 2.45) is 5.92 Å². The summed E-state index contributed by atoms with van der Waals surface area (Å²) in [7, 11) is 0. The van der Waals surface area contributed by atoms with Gasteiger partial charge < -0.3 is 15.5 Å². The Balaban J connectivity index is 1.43. The molecule has 0 unspecified atom stereocenters. The van der Waals surface area contributed by atoms with Crippen LogP contribution >= 0.6 is 0 Å². The second-order valence-corrected chi connectivity index (χ2v) is 6.05. The van der Waals surface area contributed by atoms with Crippen LogP contribution < -0.4 is 10.6 Å². The molecule has 2 N–H and O–H groups in total. The minimum atomic E-state index is -0.348. The van der Waals surface area contributed by atoms with Crippen LogP contribution in [0.5, 0.6) is 0 Å². The number of hydrogen-bond donors (Lipinski definition) is 2. The van der Waals surface area contributed by atoms with E-state index in [1.165, 1.54) is 4.90 Å². The molecule has 24 heavy (non-hydrogen) atoms. The van der Waals surface area contributed by atoms with Crippen LogP contribution in [0.4, 0.5) is 9.59 Å². The number of amides is 5. The van der Waals surface area contributed by atoms with Crippen molar-refractivity contribution in [3.63, 3.8) is 0 Å². The van der Waals surface area contributed by atoms with E-state index in [1.54, 1.807) is 24.5 Å². The van der Waals surface area contributed by atoms with Crippen LogP contribution in [0.3, 0.4) is 0 Å². The summed E-state index contributed by atoms with van der Waals surface area (Å²) in [4.78, 5) is 42.7. The van der Waals surface area contributed by atoms with Gasteiger partial charge in [-0.15, -0.1) is 0 Å². The van der Waals surface area contributed by atoms with Gasteiger partial charge in [0.1, 0.15) is 0 Å². The van der Waals surface area contributed by atoms with Crippen LogP contribution in [0, 0.1) is 5.92 Å². The van der Waals surface area contributed by atoms with Crippen molar-refractivity contribution < 1.29 is 14.4 Å². The van der Waals surface area contributed by atoms with E-state index in [1.807, 2.05) is 4.90 Å². The highest BCUT2D eigenvalue weighted by Crippen LogP contribution is 2.18. The summed E-state index contributed by atoms with van der Waals surface area (Å²) in [5.41, 5.74) is 0.601. The molecule has 2 aliphatic rings. The van der Waals surface area contributed by atoms with E-state index in [9.17, 15) is 14.4 Å². The van der Waals surface area contributed by atoms with Gasteiger partial charge in [-0.05, 0) is 30.9 Å². The standard InChI is InChI=1S/C16H21N5O3/c22-14(13-2-1-5-17-11-13)20-7-3-12(4-8-20)10-19-16(24)21-9-6-18-15(21)23/h1-2,5,11-12H,3-4,6-10H2,(H,18,23)(H,19,24). The van der Waals surface area contributed by atoms with Crippen molar-refractivity contribution in [2.75, 3.05) is 32.7 Å². The third kappa shape index (κ3) is 3.64. The molecule has 0 saturated carbocycles. The van der Waals surface area contributed by atoms with Crippen molar-refractivity contribution in [1.29, 1.82) is 0 Å². The number of imide groups is 1. The molecule has 0 atom stereocenters. The Kier molecular flexibility index (Phi) is 4.93. The monoisotopic (exact) mass is 331 g/mol. The summed E-state index contributed by atoms with van der Waals surface area (Å²) >= 11 is 0. The first-order chi connectivity index (χ1) is 11.6. The molecule has 0 radical (unpaired) electrons. The first-order valence-electron chi connectivity index (χ1n) is 8.17. The molecule has 3 heterocycles. The number of piperidine rings is 1. The number of carbonyl (C=O) groups is 3. The lowest BCUT2D eigenvalue weighted by molar-refractivity contribution is 0.0689. The van der Waals surface area contributed by atoms with Gasteiger partial charge in [0.2, 0.25) is 0 Å². The van der Waals surface area contributed by atoms with Crippen molar-refractivity contribution in [3.8, 4) is 0 Å². The van der Waals surface area contributed by atoms with Gasteiger partial charge in [-0.25, -0.2) is 14.5 Å². The topological polar surface area (TPSA) is 94.6 Å². The number of rotatable bonds is 3. The van der Waals surface area contributed by atoms with E-state index in [0.717, 1.165) is 12.8 Å². The second-order valence-electron chi connectivity index (χ2n) is 6.05. The fourth-order valence-corrected chi connectivity index (χ4v) is 3.00. The van der Waals surface area contributed by atoms with Gasteiger partial charge in [0.25, 0.3) is 5.91 Å². The van der Waals surface area contributed by atoms with Gasteiger partial charge >= 0.3 is 12.1 Å². The SMILES string of the molecule is O=C(c1cccnc1)N1CCC(CNC(=O)N2CCNC2=O)CC1. The van der Waals surface area contributed by atoms with Crippen LogP contribution in [-0.4, -0.2) is 65.5 Å². The number of hydrogen-bond acceptors (Lipinski definition) is 4. The van der Waals surface area contributed by atoms with Crippen LogP contribution in [-0.2, 0) is 0 Å². The Morgan fingerprint density at radius 2 is 2.08 bits per heavy atom. The molecule has 3 rings (SSSR count). The van der Waals surface area contributed by atoms with E-state index in [0.29, 0.717) is 44.2 Å². The minimum Gasteiger partial charge on any atom is -0.339 e. The molecule has 0 aliphatic carbocycles. The molecule has 2 fully saturated rings. The van der Waals surface area contributed by atoms with E-state index in [-0.39, 0.29) is 18.0 Å². The number of carbonyl (C=O) groups excluding carboxylic acids is 3. The zero-order chi connectivity index (χ0) is 16.9. The summed E-state index contributed by atoms with van der Waals surface area (Å²) in [5.74, 6) is 0.317. The van der Waals surface area contributed by atoms with Crippen LogP contribution in [0.1, 0.15) is 23.2 Å². The van der Waals surface area contributed by atoms with E-state index in [4.69, 9.17) is 0 Å². The highest BCUT2D eigenvalue weighted by molar-refractivity contribution is 5.95. The Labute approximate surface area is 140 Å². The highest BCUT2D eigenvalue weighted by atomic mass is 16.2. The Hall–Kier alpha value is -2.64. The fourth-order valence-electron chi connectivity index (χ4n) is 3.00. The molecule has 8 heteroatoms. The van der Waals surface area contributed by atoms with Crippen LogP contribution in [0.15, 0.2) is 24.5 Å². The predicted molar refractivity (Wildman–Crippen MR) is 86.4 cm³/mol. The number of aromatic nitrogens is 1. The maximum Gasteiger partial charge on any atom is 0.325 e. The van der Waals surface area contributed by atoms with Crippen LogP contribution in [0.25, 0.3) is 0 Å². The maximum absolute atomic E-state index is 12.3. The number of pyridine rings is 1. The summed E-state index contributed by atoms with van der Waals surface area (Å²) in [5, 5.41) is 5.41. The van der Waals surface area contributed by atoms with E-state index < -0.39 is 0 Å². The molecule has 1 aromatic heterocycles. The molecule has 128 valence electrons. The average Bonchev–Trinajstić information content (AvgIpc) is 3.06. The van der Waals surface area contributed by atoms with Gasteiger partial charge in [-0.1, -0.05) is 0 Å². The predicted octanol–water partition coefficient (Wildman–Crippen LogP) is 0.669. The molecular formula is C16H21N5O3. The van der Waals surface area contributed by atoms with Crippen molar-refractivity contribution in [3.05, 3.63) is 30.1 Å². The van der Waals surface area contributed by atoms with Crippen molar-refractivity contribution in [2.45, 2.75) is 12.8 Å². The number of nitrogens with zero attached hydrogens (tertiary/aromatic N) is 3. The first kappa shape index (κ1) is 16.2. The Morgan fingerprint density at radius 3 is 2.71 bits per heavy atom. The van der Waals surface area contributed by atoms with Gasteiger partial charge in [0.05, 0.1) is 5.56 Å². The second kappa shape index (κ2) is 7.29. The molecule has 0 aromatic carbocycles. The smallest absolute Gasteiger partial charge is 0.325 e. The largest absolute Gasteiger partial charge is 0.339 e. The molecular weight excluding hydrogens is 310 g/mol. The van der Waals surface area contributed by atoms with E-state index >= 15 is 0 Å². The zero-order valence-electron chi connectivity index (χ0n) is 13.4. The third-order valence-electron chi connectivity index (χ3n) is 4.45. The third-order valence-corrected chi connectivity index (χ3v) is 4.45. The molecule has 0 spiro atoms. The van der Waals surface area contributed by atoms with Gasteiger partial charge in [0, 0.05) is 45.1 Å². The number of likely N-dealkylation sites (tertiary alicyclic amines) is 1.